The highest BCUT2D eigenvalue weighted by atomic mass is 127. The molecule has 1 aromatic rings. The first-order valence-corrected chi connectivity index (χ1v) is 11.2. The van der Waals surface area contributed by atoms with Crippen molar-refractivity contribution in [2.75, 3.05) is 46.0 Å². The molecule has 1 unspecified atom stereocenters. The van der Waals surface area contributed by atoms with Gasteiger partial charge >= 0.3 is 0 Å². The fourth-order valence-electron chi connectivity index (χ4n) is 3.40. The molecule has 1 amide bonds. The first-order chi connectivity index (χ1) is 13.8. The third-order valence-corrected chi connectivity index (χ3v) is 5.97. The Bertz CT molecular complexity index is 649. The van der Waals surface area contributed by atoms with Gasteiger partial charge < -0.3 is 25.0 Å². The van der Waals surface area contributed by atoms with E-state index in [4.69, 9.17) is 9.47 Å². The molecular formula is C20H33IN4O3S. The Hall–Kier alpha value is -0.910. The second-order valence-corrected chi connectivity index (χ2v) is 8.08. The summed E-state index contributed by atoms with van der Waals surface area (Å²) in [6, 6.07) is 2.14. The molecule has 0 saturated carbocycles. The molecule has 164 valence electrons. The molecule has 7 nitrogen and oxygen atoms in total. The maximum absolute atomic E-state index is 12.5. The number of nitrogens with zero attached hydrogens (tertiary/aromatic N) is 2. The number of fused-ring (bicyclic) bond motifs is 1. The number of aliphatic imine (C=N–C) groups is 1. The van der Waals surface area contributed by atoms with E-state index < -0.39 is 0 Å². The van der Waals surface area contributed by atoms with Gasteiger partial charge in [-0.25, -0.2) is 0 Å². The summed E-state index contributed by atoms with van der Waals surface area (Å²) >= 11 is 1.79. The van der Waals surface area contributed by atoms with Gasteiger partial charge in [0, 0.05) is 57.2 Å². The van der Waals surface area contributed by atoms with Crippen molar-refractivity contribution in [3.63, 3.8) is 0 Å². The van der Waals surface area contributed by atoms with Gasteiger partial charge in [-0.2, -0.15) is 0 Å². The van der Waals surface area contributed by atoms with Gasteiger partial charge in [0.1, 0.15) is 0 Å². The van der Waals surface area contributed by atoms with Gasteiger partial charge in [-0.3, -0.25) is 9.79 Å². The molecule has 0 radical (unpaired) electrons. The molecule has 2 aliphatic heterocycles. The molecule has 2 aliphatic rings. The Morgan fingerprint density at radius 1 is 1.45 bits per heavy atom. The summed E-state index contributed by atoms with van der Waals surface area (Å²) < 4.78 is 11.1. The molecule has 0 bridgehead atoms. The van der Waals surface area contributed by atoms with Crippen molar-refractivity contribution < 1.29 is 14.3 Å². The first kappa shape index (κ1) is 24.4. The van der Waals surface area contributed by atoms with Gasteiger partial charge in [0.05, 0.1) is 12.7 Å². The van der Waals surface area contributed by atoms with Crippen LogP contribution in [0.5, 0.6) is 0 Å². The van der Waals surface area contributed by atoms with Crippen LogP contribution in [-0.4, -0.2) is 68.9 Å². The number of rotatable bonds is 9. The smallest absolute Gasteiger partial charge is 0.224 e. The Balaban J connectivity index is 0.00000300. The summed E-state index contributed by atoms with van der Waals surface area (Å²) in [5.41, 5.74) is 1.30. The number of hydrogen-bond donors (Lipinski definition) is 2. The Labute approximate surface area is 194 Å². The molecule has 2 N–H and O–H groups in total. The number of halogens is 1. The van der Waals surface area contributed by atoms with Crippen LogP contribution in [0.1, 0.15) is 36.6 Å². The molecule has 3 heterocycles. The van der Waals surface area contributed by atoms with E-state index in [1.54, 1.807) is 11.3 Å². The molecule has 1 atom stereocenters. The number of carbonyl (C=O) groups is 1. The lowest BCUT2D eigenvalue weighted by molar-refractivity contribution is -0.131. The van der Waals surface area contributed by atoms with E-state index in [1.807, 2.05) is 11.8 Å². The fraction of sp³-hybridized carbons (Fsp3) is 0.700. The number of hydrogen-bond acceptors (Lipinski definition) is 5. The minimum atomic E-state index is 0. The molecule has 3 rings (SSSR count). The lowest BCUT2D eigenvalue weighted by atomic mass is 10.1. The summed E-state index contributed by atoms with van der Waals surface area (Å²) in [7, 11) is 0. The maximum Gasteiger partial charge on any atom is 0.224 e. The summed E-state index contributed by atoms with van der Waals surface area (Å²) in [6.07, 6.45) is 3.58. The van der Waals surface area contributed by atoms with Crippen LogP contribution in [0.4, 0.5) is 0 Å². The molecule has 1 saturated heterocycles. The van der Waals surface area contributed by atoms with Gasteiger partial charge in [0.15, 0.2) is 5.96 Å². The normalized spacial score (nSPS) is 18.9. The zero-order chi connectivity index (χ0) is 19.6. The van der Waals surface area contributed by atoms with Crippen LogP contribution < -0.4 is 10.6 Å². The van der Waals surface area contributed by atoms with Crippen LogP contribution in [0.15, 0.2) is 16.4 Å². The number of thiophene rings is 1. The van der Waals surface area contributed by atoms with Crippen molar-refractivity contribution in [2.24, 2.45) is 4.99 Å². The second-order valence-electron chi connectivity index (χ2n) is 7.08. The van der Waals surface area contributed by atoms with E-state index in [1.165, 1.54) is 10.4 Å². The van der Waals surface area contributed by atoms with Gasteiger partial charge in [-0.15, -0.1) is 35.3 Å². The number of amides is 1. The van der Waals surface area contributed by atoms with Crippen molar-refractivity contribution >= 4 is 47.2 Å². The summed E-state index contributed by atoms with van der Waals surface area (Å²) in [5, 5.41) is 8.62. The van der Waals surface area contributed by atoms with Gasteiger partial charge in [0.25, 0.3) is 0 Å². The van der Waals surface area contributed by atoms with E-state index in [0.717, 1.165) is 51.5 Å². The lowest BCUT2D eigenvalue weighted by Crippen LogP contribution is -2.41. The predicted molar refractivity (Wildman–Crippen MR) is 127 cm³/mol. The first-order valence-electron chi connectivity index (χ1n) is 10.3. The van der Waals surface area contributed by atoms with Gasteiger partial charge in [0.2, 0.25) is 5.91 Å². The molecule has 0 aromatic carbocycles. The van der Waals surface area contributed by atoms with Gasteiger partial charge in [-0.05, 0) is 43.2 Å². The molecule has 0 aliphatic carbocycles. The highest BCUT2D eigenvalue weighted by Crippen LogP contribution is 2.24. The largest absolute Gasteiger partial charge is 0.379 e. The second kappa shape index (κ2) is 13.4. The van der Waals surface area contributed by atoms with Crippen molar-refractivity contribution in [3.05, 3.63) is 21.9 Å². The SMILES string of the molecule is CCNC(=NCCCOC1CCOC1)NCCC(=O)N1CCc2sccc2C1.I. The third kappa shape index (κ3) is 8.03. The van der Waals surface area contributed by atoms with Crippen LogP contribution in [0.25, 0.3) is 0 Å². The number of carbonyl (C=O) groups excluding carboxylic acids is 1. The standard InChI is InChI=1S/C20H32N4O3S.HI/c1-2-21-20(22-8-3-11-27-17-6-12-26-15-17)23-9-4-19(25)24-10-5-18-16(14-24)7-13-28-18;/h7,13,17H,2-6,8-12,14-15H2,1H3,(H2,21,22,23);1H. The van der Waals surface area contributed by atoms with Crippen LogP contribution >= 0.6 is 35.3 Å². The predicted octanol–water partition coefficient (Wildman–Crippen LogP) is 2.39. The minimum Gasteiger partial charge on any atom is -0.379 e. The molecule has 9 heteroatoms. The van der Waals surface area contributed by atoms with E-state index >= 15 is 0 Å². The monoisotopic (exact) mass is 536 g/mol. The maximum atomic E-state index is 12.5. The lowest BCUT2D eigenvalue weighted by Gasteiger charge is -2.27. The van der Waals surface area contributed by atoms with E-state index in [0.29, 0.717) is 32.7 Å². The van der Waals surface area contributed by atoms with Crippen LogP contribution in [0.3, 0.4) is 0 Å². The molecular weight excluding hydrogens is 503 g/mol. The Kier molecular flexibility index (Phi) is 11.3. The van der Waals surface area contributed by atoms with Crippen molar-refractivity contribution in [3.8, 4) is 0 Å². The molecule has 1 aromatic heterocycles. The molecule has 0 spiro atoms. The highest BCUT2D eigenvalue weighted by molar-refractivity contribution is 14.0. The van der Waals surface area contributed by atoms with E-state index in [9.17, 15) is 4.79 Å². The summed E-state index contributed by atoms with van der Waals surface area (Å²) in [5.74, 6) is 0.964. The van der Waals surface area contributed by atoms with E-state index in [2.05, 4.69) is 27.1 Å². The van der Waals surface area contributed by atoms with E-state index in [-0.39, 0.29) is 36.0 Å². The molecule has 29 heavy (non-hydrogen) atoms. The quantitative estimate of drug-likeness (QED) is 0.220. The average Bonchev–Trinajstić information content (AvgIpc) is 3.38. The third-order valence-electron chi connectivity index (χ3n) is 4.95. The zero-order valence-corrected chi connectivity index (χ0v) is 20.3. The summed E-state index contributed by atoms with van der Waals surface area (Å²) in [4.78, 5) is 20.5. The minimum absolute atomic E-state index is 0. The van der Waals surface area contributed by atoms with Crippen LogP contribution in [0.2, 0.25) is 0 Å². The molecule has 1 fully saturated rings. The summed E-state index contributed by atoms with van der Waals surface area (Å²) in [6.45, 7) is 7.92. The van der Waals surface area contributed by atoms with Gasteiger partial charge in [-0.1, -0.05) is 0 Å². The number of guanidine groups is 1. The highest BCUT2D eigenvalue weighted by Gasteiger charge is 2.21. The Morgan fingerprint density at radius 2 is 2.34 bits per heavy atom. The fourth-order valence-corrected chi connectivity index (χ4v) is 4.29. The average molecular weight is 536 g/mol. The Morgan fingerprint density at radius 3 is 3.14 bits per heavy atom. The topological polar surface area (TPSA) is 75.2 Å². The van der Waals surface area contributed by atoms with Crippen molar-refractivity contribution in [2.45, 2.75) is 45.3 Å². The van der Waals surface area contributed by atoms with Crippen LogP contribution in [0, 0.1) is 0 Å². The van der Waals surface area contributed by atoms with Crippen LogP contribution in [-0.2, 0) is 27.2 Å². The van der Waals surface area contributed by atoms with Crippen molar-refractivity contribution in [1.29, 1.82) is 0 Å². The number of nitrogens with one attached hydrogen (secondary N) is 2. The zero-order valence-electron chi connectivity index (χ0n) is 17.2. The number of ether oxygens (including phenoxy) is 2. The van der Waals surface area contributed by atoms with Crippen molar-refractivity contribution in [1.82, 2.24) is 15.5 Å².